The molecule has 0 radical (unpaired) electrons. The Morgan fingerprint density at radius 3 is 2.58 bits per heavy atom. The van der Waals surface area contributed by atoms with Gasteiger partial charge in [-0.15, -0.1) is 0 Å². The van der Waals surface area contributed by atoms with E-state index in [-0.39, 0.29) is 5.82 Å². The topological polar surface area (TPSA) is 35.8 Å². The van der Waals surface area contributed by atoms with E-state index in [0.717, 1.165) is 22.4 Å². The molecule has 2 aromatic carbocycles. The average Bonchev–Trinajstić information content (AvgIpc) is 2.36. The van der Waals surface area contributed by atoms with Gasteiger partial charge in [0.1, 0.15) is 5.82 Å². The number of anilines is 1. The SMILES string of the molecule is Cc1cc(F)cc(NCc2ccc(C#N)cc2C)c1. The highest BCUT2D eigenvalue weighted by Crippen LogP contribution is 2.16. The summed E-state index contributed by atoms with van der Waals surface area (Å²) in [6, 6.07) is 12.6. The van der Waals surface area contributed by atoms with E-state index in [4.69, 9.17) is 5.26 Å². The lowest BCUT2D eigenvalue weighted by molar-refractivity contribution is 0.627. The Bertz CT molecular complexity index is 621. The van der Waals surface area contributed by atoms with Crippen LogP contribution >= 0.6 is 0 Å². The molecule has 0 fully saturated rings. The first kappa shape index (κ1) is 13.1. The summed E-state index contributed by atoms with van der Waals surface area (Å²) in [5.41, 5.74) is 4.46. The minimum absolute atomic E-state index is 0.237. The zero-order valence-electron chi connectivity index (χ0n) is 11.0. The molecule has 2 aromatic rings. The van der Waals surface area contributed by atoms with E-state index < -0.39 is 0 Å². The fraction of sp³-hybridized carbons (Fsp3) is 0.188. The lowest BCUT2D eigenvalue weighted by atomic mass is 10.1. The smallest absolute Gasteiger partial charge is 0.125 e. The van der Waals surface area contributed by atoms with Crippen molar-refractivity contribution in [3.63, 3.8) is 0 Å². The molecule has 19 heavy (non-hydrogen) atoms. The van der Waals surface area contributed by atoms with Crippen molar-refractivity contribution in [3.8, 4) is 6.07 Å². The fourth-order valence-corrected chi connectivity index (χ4v) is 2.00. The predicted molar refractivity (Wildman–Crippen MR) is 74.4 cm³/mol. The van der Waals surface area contributed by atoms with Crippen LogP contribution in [0.15, 0.2) is 36.4 Å². The first-order valence-corrected chi connectivity index (χ1v) is 6.09. The number of nitriles is 1. The fourth-order valence-electron chi connectivity index (χ4n) is 2.00. The number of aryl methyl sites for hydroxylation is 2. The largest absolute Gasteiger partial charge is 0.381 e. The average molecular weight is 254 g/mol. The summed E-state index contributed by atoms with van der Waals surface area (Å²) in [5, 5.41) is 12.0. The molecule has 0 amide bonds. The molecule has 0 bridgehead atoms. The first-order valence-electron chi connectivity index (χ1n) is 6.09. The molecule has 96 valence electrons. The molecule has 0 saturated heterocycles. The number of rotatable bonds is 3. The maximum absolute atomic E-state index is 13.3. The molecule has 1 N–H and O–H groups in total. The summed E-state index contributed by atoms with van der Waals surface area (Å²) in [4.78, 5) is 0. The van der Waals surface area contributed by atoms with Gasteiger partial charge in [0.2, 0.25) is 0 Å². The summed E-state index contributed by atoms with van der Waals surface area (Å²) < 4.78 is 13.3. The van der Waals surface area contributed by atoms with Crippen LogP contribution < -0.4 is 5.32 Å². The zero-order valence-corrected chi connectivity index (χ0v) is 11.0. The Kier molecular flexibility index (Phi) is 3.82. The minimum atomic E-state index is -0.237. The monoisotopic (exact) mass is 254 g/mol. The maximum Gasteiger partial charge on any atom is 0.125 e. The number of nitrogens with zero attached hydrogens (tertiary/aromatic N) is 1. The van der Waals surface area contributed by atoms with Gasteiger partial charge in [0.05, 0.1) is 11.6 Å². The summed E-state index contributed by atoms with van der Waals surface area (Å²) in [7, 11) is 0. The standard InChI is InChI=1S/C16H15FN2/c1-11-5-15(17)8-16(6-11)19-10-14-4-3-13(9-18)7-12(14)2/h3-8,19H,10H2,1-2H3. The summed E-state index contributed by atoms with van der Waals surface area (Å²) in [6.45, 7) is 4.44. The van der Waals surface area contributed by atoms with Gasteiger partial charge in [-0.25, -0.2) is 4.39 Å². The van der Waals surface area contributed by atoms with E-state index in [1.165, 1.54) is 12.1 Å². The van der Waals surface area contributed by atoms with Crippen molar-refractivity contribution in [2.75, 3.05) is 5.32 Å². The number of hydrogen-bond donors (Lipinski definition) is 1. The van der Waals surface area contributed by atoms with E-state index in [1.807, 2.05) is 32.0 Å². The van der Waals surface area contributed by atoms with E-state index in [9.17, 15) is 4.39 Å². The lowest BCUT2D eigenvalue weighted by Gasteiger charge is -2.10. The van der Waals surface area contributed by atoms with Gasteiger partial charge in [0.15, 0.2) is 0 Å². The van der Waals surface area contributed by atoms with Gasteiger partial charge in [-0.2, -0.15) is 5.26 Å². The van der Waals surface area contributed by atoms with E-state index >= 15 is 0 Å². The zero-order chi connectivity index (χ0) is 13.8. The van der Waals surface area contributed by atoms with Crippen LogP contribution in [0.5, 0.6) is 0 Å². The molecule has 2 nitrogen and oxygen atoms in total. The molecule has 0 spiro atoms. The summed E-state index contributed by atoms with van der Waals surface area (Å²) in [5.74, 6) is -0.237. The second-order valence-corrected chi connectivity index (χ2v) is 4.62. The molecule has 2 rings (SSSR count). The molecule has 0 heterocycles. The van der Waals surface area contributed by atoms with Crippen molar-refractivity contribution in [2.24, 2.45) is 0 Å². The van der Waals surface area contributed by atoms with Crippen LogP contribution in [0.3, 0.4) is 0 Å². The summed E-state index contributed by atoms with van der Waals surface area (Å²) in [6.07, 6.45) is 0. The van der Waals surface area contributed by atoms with Crippen molar-refractivity contribution in [1.29, 1.82) is 5.26 Å². The predicted octanol–water partition coefficient (Wildman–Crippen LogP) is 3.93. The van der Waals surface area contributed by atoms with Gasteiger partial charge < -0.3 is 5.32 Å². The van der Waals surface area contributed by atoms with Gasteiger partial charge in [0.25, 0.3) is 0 Å². The Labute approximate surface area is 112 Å². The Balaban J connectivity index is 2.12. The Morgan fingerprint density at radius 1 is 1.16 bits per heavy atom. The van der Waals surface area contributed by atoms with Gasteiger partial charge in [-0.1, -0.05) is 6.07 Å². The number of halogens is 1. The van der Waals surface area contributed by atoms with Crippen LogP contribution in [0.2, 0.25) is 0 Å². The van der Waals surface area contributed by atoms with Crippen LogP contribution in [0, 0.1) is 31.0 Å². The third-order valence-corrected chi connectivity index (χ3v) is 3.00. The van der Waals surface area contributed by atoms with E-state index in [0.29, 0.717) is 12.1 Å². The number of hydrogen-bond acceptors (Lipinski definition) is 2. The second kappa shape index (κ2) is 5.53. The molecule has 0 saturated carbocycles. The van der Waals surface area contributed by atoms with Gasteiger partial charge in [-0.3, -0.25) is 0 Å². The minimum Gasteiger partial charge on any atom is -0.381 e. The molecule has 0 aliphatic rings. The molecule has 0 atom stereocenters. The third kappa shape index (κ3) is 3.32. The van der Waals surface area contributed by atoms with Crippen LogP contribution in [0.1, 0.15) is 22.3 Å². The van der Waals surface area contributed by atoms with Gasteiger partial charge >= 0.3 is 0 Å². The van der Waals surface area contributed by atoms with Crippen molar-refractivity contribution in [3.05, 3.63) is 64.5 Å². The van der Waals surface area contributed by atoms with E-state index in [2.05, 4.69) is 11.4 Å². The highest BCUT2D eigenvalue weighted by Gasteiger charge is 2.02. The molecule has 0 unspecified atom stereocenters. The molecular formula is C16H15FN2. The highest BCUT2D eigenvalue weighted by atomic mass is 19.1. The van der Waals surface area contributed by atoms with Gasteiger partial charge in [0, 0.05) is 12.2 Å². The Morgan fingerprint density at radius 2 is 1.95 bits per heavy atom. The maximum atomic E-state index is 13.3. The molecule has 0 aliphatic carbocycles. The number of benzene rings is 2. The van der Waals surface area contributed by atoms with Crippen LogP contribution in [-0.4, -0.2) is 0 Å². The van der Waals surface area contributed by atoms with Crippen molar-refractivity contribution < 1.29 is 4.39 Å². The quantitative estimate of drug-likeness (QED) is 0.900. The molecule has 3 heteroatoms. The summed E-state index contributed by atoms with van der Waals surface area (Å²) >= 11 is 0. The second-order valence-electron chi connectivity index (χ2n) is 4.62. The van der Waals surface area contributed by atoms with Crippen molar-refractivity contribution >= 4 is 5.69 Å². The first-order chi connectivity index (χ1) is 9.08. The van der Waals surface area contributed by atoms with E-state index in [1.54, 1.807) is 6.07 Å². The van der Waals surface area contributed by atoms with Crippen molar-refractivity contribution in [1.82, 2.24) is 0 Å². The molecule has 0 aliphatic heterocycles. The third-order valence-electron chi connectivity index (χ3n) is 3.00. The van der Waals surface area contributed by atoms with Crippen LogP contribution in [0.4, 0.5) is 10.1 Å². The normalized spacial score (nSPS) is 10.0. The lowest BCUT2D eigenvalue weighted by Crippen LogP contribution is -2.02. The van der Waals surface area contributed by atoms with Crippen molar-refractivity contribution in [2.45, 2.75) is 20.4 Å². The van der Waals surface area contributed by atoms with Gasteiger partial charge in [-0.05, 0) is 60.9 Å². The van der Waals surface area contributed by atoms with Crippen LogP contribution in [-0.2, 0) is 6.54 Å². The number of nitrogens with one attached hydrogen (secondary N) is 1. The highest BCUT2D eigenvalue weighted by molar-refractivity contribution is 5.47. The molecular weight excluding hydrogens is 239 g/mol. The molecule has 0 aromatic heterocycles. The Hall–Kier alpha value is -2.34. The van der Waals surface area contributed by atoms with Crippen LogP contribution in [0.25, 0.3) is 0 Å².